The van der Waals surface area contributed by atoms with Crippen molar-refractivity contribution in [1.82, 2.24) is 9.78 Å². The van der Waals surface area contributed by atoms with E-state index in [4.69, 9.17) is 0 Å². The lowest BCUT2D eigenvalue weighted by molar-refractivity contribution is -0.0238. The van der Waals surface area contributed by atoms with E-state index in [2.05, 4.69) is 31.1 Å². The molecule has 0 bridgehead atoms. The van der Waals surface area contributed by atoms with Crippen LogP contribution in [-0.4, -0.2) is 27.3 Å². The lowest BCUT2D eigenvalue weighted by Crippen LogP contribution is -2.49. The Labute approximate surface area is 167 Å². The first-order chi connectivity index (χ1) is 13.4. The van der Waals surface area contributed by atoms with Crippen LogP contribution in [0.15, 0.2) is 23.9 Å². The van der Waals surface area contributed by atoms with Gasteiger partial charge in [0.1, 0.15) is 0 Å². The zero-order chi connectivity index (χ0) is 19.7. The molecule has 2 fully saturated rings. The number of allylic oxidation sites excluding steroid dienone is 3. The van der Waals surface area contributed by atoms with Crippen molar-refractivity contribution >= 4 is 11.9 Å². The molecule has 0 aromatic carbocycles. The van der Waals surface area contributed by atoms with E-state index >= 15 is 0 Å². The van der Waals surface area contributed by atoms with Crippen molar-refractivity contribution in [2.75, 3.05) is 0 Å². The van der Waals surface area contributed by atoms with Gasteiger partial charge in [-0.3, -0.25) is 9.48 Å². The van der Waals surface area contributed by atoms with Crippen LogP contribution in [0.5, 0.6) is 0 Å². The quantitative estimate of drug-likeness (QED) is 0.605. The Kier molecular flexibility index (Phi) is 4.04. The number of hydrogen-bond donors (Lipinski definition) is 1. The average Bonchev–Trinajstić information content (AvgIpc) is 3.21. The molecule has 6 atom stereocenters. The summed E-state index contributed by atoms with van der Waals surface area (Å²) in [5.74, 6) is 2.05. The van der Waals surface area contributed by atoms with Crippen molar-refractivity contribution in [3.63, 3.8) is 0 Å². The van der Waals surface area contributed by atoms with Gasteiger partial charge in [0.25, 0.3) is 0 Å². The molecule has 0 spiro atoms. The molecule has 0 radical (unpaired) electrons. The van der Waals surface area contributed by atoms with E-state index in [1.54, 1.807) is 4.68 Å². The van der Waals surface area contributed by atoms with E-state index < -0.39 is 0 Å². The number of hydrogen-bond acceptors (Lipinski definition) is 3. The van der Waals surface area contributed by atoms with Gasteiger partial charge in [0.15, 0.2) is 6.29 Å². The van der Waals surface area contributed by atoms with Crippen LogP contribution in [0, 0.1) is 28.6 Å². The highest BCUT2D eigenvalue weighted by atomic mass is 16.3. The first kappa shape index (κ1) is 18.4. The third-order valence-electron chi connectivity index (χ3n) is 8.90. The van der Waals surface area contributed by atoms with Crippen LogP contribution >= 0.6 is 0 Å². The lowest BCUT2D eigenvalue weighted by Gasteiger charge is -2.57. The molecular formula is C24H32N2O2. The number of aliphatic hydroxyl groups excluding tert-OH is 1. The first-order valence-corrected chi connectivity index (χ1v) is 10.9. The summed E-state index contributed by atoms with van der Waals surface area (Å²) >= 11 is 0. The Morgan fingerprint density at radius 1 is 1.14 bits per heavy atom. The molecule has 0 saturated heterocycles. The normalized spacial score (nSPS) is 42.1. The number of aldehydes is 1. The van der Waals surface area contributed by atoms with Gasteiger partial charge in [0, 0.05) is 13.2 Å². The second-order valence-electron chi connectivity index (χ2n) is 10.2. The predicted octanol–water partition coefficient (Wildman–Crippen LogP) is 4.55. The molecule has 1 heterocycles. The van der Waals surface area contributed by atoms with Crippen LogP contribution in [0.1, 0.15) is 74.8 Å². The molecule has 1 N–H and O–H groups in total. The zero-order valence-corrected chi connectivity index (χ0v) is 17.3. The summed E-state index contributed by atoms with van der Waals surface area (Å²) < 4.78 is 1.77. The highest BCUT2D eigenvalue weighted by Gasteiger charge is 2.57. The minimum Gasteiger partial charge on any atom is -0.393 e. The molecule has 4 aliphatic carbocycles. The largest absolute Gasteiger partial charge is 0.393 e. The van der Waals surface area contributed by atoms with Crippen molar-refractivity contribution in [3.8, 4) is 0 Å². The maximum atomic E-state index is 11.6. The summed E-state index contributed by atoms with van der Waals surface area (Å²) in [6, 6.07) is 0. The monoisotopic (exact) mass is 380 g/mol. The topological polar surface area (TPSA) is 55.1 Å². The van der Waals surface area contributed by atoms with E-state index in [9.17, 15) is 9.90 Å². The van der Waals surface area contributed by atoms with Crippen molar-refractivity contribution in [2.24, 2.45) is 35.6 Å². The van der Waals surface area contributed by atoms with Gasteiger partial charge in [0.2, 0.25) is 0 Å². The maximum Gasteiger partial charge on any atom is 0.153 e. The van der Waals surface area contributed by atoms with Crippen LogP contribution in [0.3, 0.4) is 0 Å². The molecule has 4 nitrogen and oxygen atoms in total. The molecule has 5 rings (SSSR count). The van der Waals surface area contributed by atoms with Gasteiger partial charge in [-0.05, 0) is 79.1 Å². The number of carbonyl (C=O) groups excluding carboxylic acids is 1. The van der Waals surface area contributed by atoms with Crippen LogP contribution in [0.25, 0.3) is 5.57 Å². The number of fused-ring (bicyclic) bond motifs is 5. The molecule has 1 aromatic rings. The number of aliphatic hydroxyl groups is 1. The number of rotatable bonds is 2. The first-order valence-electron chi connectivity index (χ1n) is 10.9. The van der Waals surface area contributed by atoms with Gasteiger partial charge >= 0.3 is 0 Å². The molecule has 1 aromatic heterocycles. The Bertz CT molecular complexity index is 881. The molecule has 4 aliphatic rings. The molecule has 4 heteroatoms. The number of nitrogens with zero attached hydrogens (tertiary/aromatic N) is 2. The van der Waals surface area contributed by atoms with Gasteiger partial charge in [-0.15, -0.1) is 0 Å². The Morgan fingerprint density at radius 3 is 2.71 bits per heavy atom. The van der Waals surface area contributed by atoms with Crippen LogP contribution < -0.4 is 0 Å². The van der Waals surface area contributed by atoms with Gasteiger partial charge in [0.05, 0.1) is 17.4 Å². The fraction of sp³-hybridized carbons (Fsp3) is 0.667. The van der Waals surface area contributed by atoms with Gasteiger partial charge < -0.3 is 5.11 Å². The smallest absolute Gasteiger partial charge is 0.153 e. The standard InChI is InChI=1S/C24H32N2O2/c1-23-10-8-17(28)12-16(23)4-5-18-19-6-7-21(24(19,2)11-9-20(18)23)22-15(14-27)13-26(3)25-22/h4,7,13-14,17-20,28H,5-6,8-12H2,1-3H3/t17-,18-,19-,20-,23-,24-/m0/s1. The second kappa shape index (κ2) is 6.16. The highest BCUT2D eigenvalue weighted by Crippen LogP contribution is 2.66. The van der Waals surface area contributed by atoms with E-state index in [1.165, 1.54) is 24.0 Å². The van der Waals surface area contributed by atoms with Gasteiger partial charge in [-0.25, -0.2) is 0 Å². The minimum atomic E-state index is -0.143. The number of aromatic nitrogens is 2. The van der Waals surface area contributed by atoms with Crippen molar-refractivity contribution in [1.29, 1.82) is 0 Å². The van der Waals surface area contributed by atoms with E-state index in [0.29, 0.717) is 11.8 Å². The van der Waals surface area contributed by atoms with Crippen molar-refractivity contribution in [2.45, 2.75) is 64.9 Å². The van der Waals surface area contributed by atoms with E-state index in [0.717, 1.165) is 55.6 Å². The molecule has 0 amide bonds. The predicted molar refractivity (Wildman–Crippen MR) is 110 cm³/mol. The van der Waals surface area contributed by atoms with Crippen LogP contribution in [0.4, 0.5) is 0 Å². The number of carbonyl (C=O) groups is 1. The summed E-state index contributed by atoms with van der Waals surface area (Å²) in [4.78, 5) is 11.6. The van der Waals surface area contributed by atoms with Gasteiger partial charge in [-0.2, -0.15) is 5.10 Å². The molecule has 28 heavy (non-hydrogen) atoms. The Hall–Kier alpha value is -1.68. The fourth-order valence-corrected chi connectivity index (χ4v) is 7.38. The van der Waals surface area contributed by atoms with E-state index in [-0.39, 0.29) is 16.9 Å². The van der Waals surface area contributed by atoms with Crippen molar-refractivity contribution < 1.29 is 9.90 Å². The third-order valence-corrected chi connectivity index (χ3v) is 8.90. The summed E-state index contributed by atoms with van der Waals surface area (Å²) in [5.41, 5.74) is 4.83. The maximum absolute atomic E-state index is 11.6. The average molecular weight is 381 g/mol. The molecule has 0 aliphatic heterocycles. The Balaban J connectivity index is 1.49. The van der Waals surface area contributed by atoms with Crippen LogP contribution in [0.2, 0.25) is 0 Å². The van der Waals surface area contributed by atoms with Crippen LogP contribution in [-0.2, 0) is 7.05 Å². The van der Waals surface area contributed by atoms with Crippen molar-refractivity contribution in [3.05, 3.63) is 35.2 Å². The molecular weight excluding hydrogens is 348 g/mol. The highest BCUT2D eigenvalue weighted by molar-refractivity contribution is 5.86. The third kappa shape index (κ3) is 2.39. The summed E-state index contributed by atoms with van der Waals surface area (Å²) in [6.45, 7) is 4.89. The number of aryl methyl sites for hydroxylation is 1. The molecule has 0 unspecified atom stereocenters. The summed E-state index contributed by atoms with van der Waals surface area (Å²) in [5, 5.41) is 14.8. The second-order valence-corrected chi connectivity index (χ2v) is 10.2. The summed E-state index contributed by atoms with van der Waals surface area (Å²) in [7, 11) is 1.90. The Morgan fingerprint density at radius 2 is 1.93 bits per heavy atom. The minimum absolute atomic E-state index is 0.114. The van der Waals surface area contributed by atoms with E-state index in [1.807, 2.05) is 13.2 Å². The van der Waals surface area contributed by atoms with Gasteiger partial charge in [-0.1, -0.05) is 31.6 Å². The molecule has 150 valence electrons. The SMILES string of the molecule is Cn1cc(C=O)c(C2=CC[C@H]3[C@@H]4CC=C5C[C@@H](O)CC[C@]5(C)[C@H]4CC[C@]23C)n1. The zero-order valence-electron chi connectivity index (χ0n) is 17.3. The summed E-state index contributed by atoms with van der Waals surface area (Å²) in [6.07, 6.45) is 15.1. The fourth-order valence-electron chi connectivity index (χ4n) is 7.38. The lowest BCUT2D eigenvalue weighted by atomic mass is 9.47. The molecule has 2 saturated carbocycles.